The Morgan fingerprint density at radius 1 is 1.31 bits per heavy atom. The first-order valence-corrected chi connectivity index (χ1v) is 4.50. The molecule has 0 bridgehead atoms. The minimum absolute atomic E-state index is 0.0485. The minimum atomic E-state index is -0.380. The molecule has 1 heterocycles. The van der Waals surface area contributed by atoms with Gasteiger partial charge in [0, 0.05) is 12.1 Å². The van der Waals surface area contributed by atoms with E-state index in [1.807, 2.05) is 20.8 Å². The lowest BCUT2D eigenvalue weighted by atomic mass is 10.0. The molecule has 2 unspecified atom stereocenters. The van der Waals surface area contributed by atoms with Crippen LogP contribution in [-0.4, -0.2) is 21.2 Å². The fraction of sp³-hybridized carbons (Fsp3) is 0.600. The molecule has 0 aliphatic heterocycles. The fourth-order valence-corrected chi connectivity index (χ4v) is 1.22. The summed E-state index contributed by atoms with van der Waals surface area (Å²) in [4.78, 5) is 8.58. The quantitative estimate of drug-likeness (QED) is 0.751. The van der Waals surface area contributed by atoms with Crippen molar-refractivity contribution in [3.63, 3.8) is 0 Å². The Labute approximate surface area is 78.9 Å². The highest BCUT2D eigenvalue weighted by molar-refractivity contribution is 5.16. The van der Waals surface area contributed by atoms with E-state index in [0.717, 1.165) is 17.1 Å². The van der Waals surface area contributed by atoms with Gasteiger partial charge < -0.3 is 5.11 Å². The van der Waals surface area contributed by atoms with Crippen molar-refractivity contribution < 1.29 is 5.11 Å². The van der Waals surface area contributed by atoms with Gasteiger partial charge in [-0.15, -0.1) is 0 Å². The van der Waals surface area contributed by atoms with Gasteiger partial charge in [-0.2, -0.15) is 0 Å². The molecule has 72 valence electrons. The first kappa shape index (κ1) is 10.1. The van der Waals surface area contributed by atoms with Crippen LogP contribution in [-0.2, 0) is 0 Å². The molecular weight excluding hydrogens is 164 g/mol. The van der Waals surface area contributed by atoms with Gasteiger partial charge in [-0.3, -0.25) is 9.97 Å². The van der Waals surface area contributed by atoms with Crippen LogP contribution in [0.1, 0.15) is 36.8 Å². The molecule has 1 N–H and O–H groups in total. The van der Waals surface area contributed by atoms with Crippen LogP contribution in [0.2, 0.25) is 0 Å². The van der Waals surface area contributed by atoms with Crippen molar-refractivity contribution in [3.8, 4) is 0 Å². The number of aryl methyl sites for hydroxylation is 2. The van der Waals surface area contributed by atoms with E-state index in [-0.39, 0.29) is 12.0 Å². The molecule has 0 saturated carbocycles. The third kappa shape index (κ3) is 2.25. The van der Waals surface area contributed by atoms with E-state index in [4.69, 9.17) is 0 Å². The first-order chi connectivity index (χ1) is 6.02. The van der Waals surface area contributed by atoms with Gasteiger partial charge in [0.05, 0.1) is 23.2 Å². The molecule has 0 aromatic carbocycles. The van der Waals surface area contributed by atoms with Gasteiger partial charge in [-0.05, 0) is 20.8 Å². The molecule has 2 atom stereocenters. The van der Waals surface area contributed by atoms with Crippen molar-refractivity contribution in [1.82, 2.24) is 9.97 Å². The molecule has 0 spiro atoms. The monoisotopic (exact) mass is 180 g/mol. The highest BCUT2D eigenvalue weighted by Crippen LogP contribution is 2.19. The van der Waals surface area contributed by atoms with E-state index in [1.54, 1.807) is 13.1 Å². The molecule has 1 rings (SSSR count). The molecule has 1 aromatic heterocycles. The van der Waals surface area contributed by atoms with Crippen LogP contribution in [0.5, 0.6) is 0 Å². The second-order valence-electron chi connectivity index (χ2n) is 3.51. The summed E-state index contributed by atoms with van der Waals surface area (Å²) >= 11 is 0. The van der Waals surface area contributed by atoms with Crippen LogP contribution < -0.4 is 0 Å². The van der Waals surface area contributed by atoms with Gasteiger partial charge in [0.1, 0.15) is 0 Å². The topological polar surface area (TPSA) is 46.0 Å². The van der Waals surface area contributed by atoms with E-state index >= 15 is 0 Å². The lowest BCUT2D eigenvalue weighted by Crippen LogP contribution is -2.15. The lowest BCUT2D eigenvalue weighted by Gasteiger charge is -2.15. The Kier molecular flexibility index (Phi) is 2.98. The van der Waals surface area contributed by atoms with Crippen molar-refractivity contribution >= 4 is 0 Å². The van der Waals surface area contributed by atoms with Crippen LogP contribution in [0.4, 0.5) is 0 Å². The standard InChI is InChI=1S/C10H16N2O/c1-6-5-11-8(3)10(12-6)7(2)9(4)13/h5,7,9,13H,1-4H3. The van der Waals surface area contributed by atoms with Gasteiger partial charge >= 0.3 is 0 Å². The predicted octanol–water partition coefficient (Wildman–Crippen LogP) is 1.58. The normalized spacial score (nSPS) is 15.5. The number of aliphatic hydroxyl groups is 1. The molecule has 0 radical (unpaired) electrons. The van der Waals surface area contributed by atoms with Crippen LogP contribution in [0.3, 0.4) is 0 Å². The molecular formula is C10H16N2O. The van der Waals surface area contributed by atoms with Crippen LogP contribution in [0.25, 0.3) is 0 Å². The second-order valence-corrected chi connectivity index (χ2v) is 3.51. The van der Waals surface area contributed by atoms with E-state index in [2.05, 4.69) is 9.97 Å². The largest absolute Gasteiger partial charge is 0.393 e. The second kappa shape index (κ2) is 3.83. The summed E-state index contributed by atoms with van der Waals surface area (Å²) in [7, 11) is 0. The Hall–Kier alpha value is -0.960. The average molecular weight is 180 g/mol. The van der Waals surface area contributed by atoms with E-state index in [0.29, 0.717) is 0 Å². The molecule has 0 fully saturated rings. The number of hydrogen-bond donors (Lipinski definition) is 1. The summed E-state index contributed by atoms with van der Waals surface area (Å²) in [6.45, 7) is 7.56. The number of rotatable bonds is 2. The van der Waals surface area contributed by atoms with Gasteiger partial charge in [0.2, 0.25) is 0 Å². The van der Waals surface area contributed by atoms with E-state index in [1.165, 1.54) is 0 Å². The van der Waals surface area contributed by atoms with E-state index < -0.39 is 0 Å². The predicted molar refractivity (Wildman–Crippen MR) is 51.6 cm³/mol. The molecule has 13 heavy (non-hydrogen) atoms. The Morgan fingerprint density at radius 3 is 2.46 bits per heavy atom. The SMILES string of the molecule is Cc1cnc(C)c(C(C)C(C)O)n1. The van der Waals surface area contributed by atoms with Gasteiger partial charge in [-0.1, -0.05) is 6.92 Å². The van der Waals surface area contributed by atoms with Crippen LogP contribution in [0.15, 0.2) is 6.20 Å². The smallest absolute Gasteiger partial charge is 0.0672 e. The maximum atomic E-state index is 9.42. The highest BCUT2D eigenvalue weighted by atomic mass is 16.3. The number of hydrogen-bond acceptors (Lipinski definition) is 3. The summed E-state index contributed by atoms with van der Waals surface area (Å²) in [6, 6.07) is 0. The average Bonchev–Trinajstić information content (AvgIpc) is 2.08. The molecule has 0 aliphatic carbocycles. The maximum absolute atomic E-state index is 9.42. The number of aliphatic hydroxyl groups excluding tert-OH is 1. The molecule has 3 nitrogen and oxygen atoms in total. The first-order valence-electron chi connectivity index (χ1n) is 4.50. The van der Waals surface area contributed by atoms with Gasteiger partial charge in [0.25, 0.3) is 0 Å². The summed E-state index contributed by atoms with van der Waals surface area (Å²) in [5.74, 6) is 0.0485. The van der Waals surface area contributed by atoms with Crippen molar-refractivity contribution in [1.29, 1.82) is 0 Å². The van der Waals surface area contributed by atoms with Crippen LogP contribution >= 0.6 is 0 Å². The zero-order chi connectivity index (χ0) is 10.0. The molecule has 0 aliphatic rings. The molecule has 0 saturated heterocycles. The Balaban J connectivity index is 3.05. The van der Waals surface area contributed by atoms with Gasteiger partial charge in [-0.25, -0.2) is 0 Å². The molecule has 1 aromatic rings. The Bertz CT molecular complexity index is 297. The minimum Gasteiger partial charge on any atom is -0.393 e. The van der Waals surface area contributed by atoms with Gasteiger partial charge in [0.15, 0.2) is 0 Å². The van der Waals surface area contributed by atoms with Crippen molar-refractivity contribution in [2.75, 3.05) is 0 Å². The molecule has 3 heteroatoms. The van der Waals surface area contributed by atoms with Crippen LogP contribution in [0, 0.1) is 13.8 Å². The zero-order valence-electron chi connectivity index (χ0n) is 8.57. The zero-order valence-corrected chi connectivity index (χ0v) is 8.57. The third-order valence-electron chi connectivity index (χ3n) is 2.27. The summed E-state index contributed by atoms with van der Waals surface area (Å²) < 4.78 is 0. The Morgan fingerprint density at radius 2 is 1.92 bits per heavy atom. The summed E-state index contributed by atoms with van der Waals surface area (Å²) in [5.41, 5.74) is 2.70. The van der Waals surface area contributed by atoms with E-state index in [9.17, 15) is 5.11 Å². The summed E-state index contributed by atoms with van der Waals surface area (Å²) in [6.07, 6.45) is 1.36. The number of nitrogens with zero attached hydrogens (tertiary/aromatic N) is 2. The van der Waals surface area contributed by atoms with Crippen molar-refractivity contribution in [2.24, 2.45) is 0 Å². The third-order valence-corrected chi connectivity index (χ3v) is 2.27. The van der Waals surface area contributed by atoms with Crippen molar-refractivity contribution in [3.05, 3.63) is 23.3 Å². The maximum Gasteiger partial charge on any atom is 0.0672 e. The fourth-order valence-electron chi connectivity index (χ4n) is 1.22. The molecule has 0 amide bonds. The summed E-state index contributed by atoms with van der Waals surface area (Å²) in [5, 5.41) is 9.42. The lowest BCUT2D eigenvalue weighted by molar-refractivity contribution is 0.166. The van der Waals surface area contributed by atoms with Crippen molar-refractivity contribution in [2.45, 2.75) is 39.7 Å². The highest BCUT2D eigenvalue weighted by Gasteiger charge is 2.15. The number of aromatic nitrogens is 2.